The molecule has 88 valence electrons. The van der Waals surface area contributed by atoms with E-state index in [4.69, 9.17) is 10.00 Å². The summed E-state index contributed by atoms with van der Waals surface area (Å²) in [5, 5.41) is 16.5. The quantitative estimate of drug-likeness (QED) is 0.764. The van der Waals surface area contributed by atoms with E-state index in [0.717, 1.165) is 11.8 Å². The van der Waals surface area contributed by atoms with Gasteiger partial charge in [-0.05, 0) is 0 Å². The third kappa shape index (κ3) is 2.18. The number of rotatable bonds is 3. The van der Waals surface area contributed by atoms with Crippen molar-refractivity contribution in [2.45, 2.75) is 0 Å². The molecule has 0 aliphatic heterocycles. The minimum Gasteiger partial charge on any atom is -0.494 e. The van der Waals surface area contributed by atoms with E-state index in [2.05, 4.69) is 10.2 Å². The van der Waals surface area contributed by atoms with Gasteiger partial charge in [0.2, 0.25) is 5.69 Å². The van der Waals surface area contributed by atoms with Crippen molar-refractivity contribution >= 4 is 6.29 Å². The lowest BCUT2D eigenvalue weighted by atomic mass is 10.1. The van der Waals surface area contributed by atoms with Gasteiger partial charge in [-0.1, -0.05) is 24.3 Å². The van der Waals surface area contributed by atoms with Crippen LogP contribution in [0.4, 0.5) is 0 Å². The van der Waals surface area contributed by atoms with Gasteiger partial charge >= 0.3 is 0 Å². The Hall–Kier alpha value is -2.74. The smallest absolute Gasteiger partial charge is 0.204 e. The van der Waals surface area contributed by atoms with E-state index in [-0.39, 0.29) is 5.69 Å². The Kier molecular flexibility index (Phi) is 3.30. The highest BCUT2D eigenvalue weighted by atomic mass is 16.5. The first-order valence-electron chi connectivity index (χ1n) is 5.16. The molecule has 2 rings (SSSR count). The molecule has 0 bridgehead atoms. The number of nitrogens with zero attached hydrogens (tertiary/aromatic N) is 3. The number of carbonyl (C=O) groups is 1. The van der Waals surface area contributed by atoms with Crippen LogP contribution in [0.15, 0.2) is 30.3 Å². The number of ether oxygens (including phenoxy) is 1. The van der Waals surface area contributed by atoms with Crippen LogP contribution in [0.2, 0.25) is 0 Å². The maximum Gasteiger partial charge on any atom is 0.204 e. The molecule has 5 heteroatoms. The molecule has 1 aromatic heterocycles. The van der Waals surface area contributed by atoms with Gasteiger partial charge in [0, 0.05) is 17.2 Å². The predicted octanol–water partition coefficient (Wildman–Crippen LogP) is 1.84. The van der Waals surface area contributed by atoms with Crippen LogP contribution in [0.5, 0.6) is 5.75 Å². The van der Waals surface area contributed by atoms with Crippen LogP contribution < -0.4 is 4.74 Å². The molecule has 0 aliphatic carbocycles. The normalized spacial score (nSPS) is 9.56. The molecule has 0 saturated heterocycles. The van der Waals surface area contributed by atoms with E-state index in [1.54, 1.807) is 30.3 Å². The Morgan fingerprint density at radius 3 is 2.56 bits per heavy atom. The van der Waals surface area contributed by atoms with Gasteiger partial charge in [0.15, 0.2) is 5.75 Å². The van der Waals surface area contributed by atoms with Crippen LogP contribution in [0.3, 0.4) is 0 Å². The third-order valence-electron chi connectivity index (χ3n) is 2.43. The molecular formula is C13H9N3O2. The first-order valence-corrected chi connectivity index (χ1v) is 5.16. The maximum absolute atomic E-state index is 10.6. The zero-order valence-electron chi connectivity index (χ0n) is 9.62. The molecule has 0 radical (unpaired) electrons. The SMILES string of the molecule is COc1cc(-c2ccc(C=O)cc2)nnc1C#N. The average molecular weight is 239 g/mol. The minimum absolute atomic E-state index is 0.144. The largest absolute Gasteiger partial charge is 0.494 e. The molecule has 0 aliphatic rings. The lowest BCUT2D eigenvalue weighted by molar-refractivity contribution is 0.112. The van der Waals surface area contributed by atoms with Crippen molar-refractivity contribution in [3.8, 4) is 23.1 Å². The van der Waals surface area contributed by atoms with Gasteiger partial charge in [-0.15, -0.1) is 10.2 Å². The Morgan fingerprint density at radius 1 is 1.28 bits per heavy atom. The highest BCUT2D eigenvalue weighted by Crippen LogP contribution is 2.22. The number of aromatic nitrogens is 2. The van der Waals surface area contributed by atoms with Gasteiger partial charge in [-0.2, -0.15) is 5.26 Å². The third-order valence-corrected chi connectivity index (χ3v) is 2.43. The number of methoxy groups -OCH3 is 1. The van der Waals surface area contributed by atoms with Crippen molar-refractivity contribution in [2.75, 3.05) is 7.11 Å². The van der Waals surface area contributed by atoms with Gasteiger partial charge in [0.1, 0.15) is 12.4 Å². The standard InChI is InChI=1S/C13H9N3O2/c1-18-13-6-11(15-16-12(13)7-14)10-4-2-9(8-17)3-5-10/h2-6,8H,1H3. The number of nitriles is 1. The number of aldehydes is 1. The second kappa shape index (κ2) is 5.06. The van der Waals surface area contributed by atoms with Gasteiger partial charge in [0.05, 0.1) is 12.8 Å². The molecule has 0 spiro atoms. The summed E-state index contributed by atoms with van der Waals surface area (Å²) in [6.07, 6.45) is 0.773. The van der Waals surface area contributed by atoms with E-state index in [9.17, 15) is 4.79 Å². The fourth-order valence-electron chi connectivity index (χ4n) is 1.48. The van der Waals surface area contributed by atoms with Crippen LogP contribution in [-0.2, 0) is 0 Å². The zero-order valence-corrected chi connectivity index (χ0v) is 9.62. The molecule has 0 N–H and O–H groups in total. The van der Waals surface area contributed by atoms with Crippen molar-refractivity contribution in [2.24, 2.45) is 0 Å². The fraction of sp³-hybridized carbons (Fsp3) is 0.0769. The average Bonchev–Trinajstić information content (AvgIpc) is 2.46. The molecule has 0 saturated carbocycles. The zero-order chi connectivity index (χ0) is 13.0. The second-order valence-electron chi connectivity index (χ2n) is 3.50. The van der Waals surface area contributed by atoms with Gasteiger partial charge in [-0.3, -0.25) is 4.79 Å². The topological polar surface area (TPSA) is 75.9 Å². The molecule has 0 atom stereocenters. The Bertz CT molecular complexity index is 615. The van der Waals surface area contributed by atoms with Crippen molar-refractivity contribution in [1.29, 1.82) is 5.26 Å². The summed E-state index contributed by atoms with van der Waals surface area (Å²) in [7, 11) is 1.47. The van der Waals surface area contributed by atoms with E-state index < -0.39 is 0 Å². The Balaban J connectivity index is 2.44. The lowest BCUT2D eigenvalue weighted by Gasteiger charge is -2.04. The van der Waals surface area contributed by atoms with Crippen LogP contribution in [0, 0.1) is 11.3 Å². The Labute approximate surface area is 104 Å². The van der Waals surface area contributed by atoms with Gasteiger partial charge in [0.25, 0.3) is 0 Å². The van der Waals surface area contributed by atoms with E-state index in [0.29, 0.717) is 17.0 Å². The van der Waals surface area contributed by atoms with Gasteiger partial charge in [-0.25, -0.2) is 0 Å². The second-order valence-corrected chi connectivity index (χ2v) is 3.50. The van der Waals surface area contributed by atoms with E-state index in [1.165, 1.54) is 7.11 Å². The summed E-state index contributed by atoms with van der Waals surface area (Å²) in [5.41, 5.74) is 2.12. The summed E-state index contributed by atoms with van der Waals surface area (Å²) in [6, 6.07) is 10.4. The summed E-state index contributed by atoms with van der Waals surface area (Å²) in [6.45, 7) is 0. The molecule has 1 heterocycles. The first kappa shape index (κ1) is 11.7. The van der Waals surface area contributed by atoms with E-state index in [1.807, 2.05) is 6.07 Å². The summed E-state index contributed by atoms with van der Waals surface area (Å²) < 4.78 is 5.06. The molecule has 0 unspecified atom stereocenters. The fourth-order valence-corrected chi connectivity index (χ4v) is 1.48. The van der Waals surface area contributed by atoms with E-state index >= 15 is 0 Å². The summed E-state index contributed by atoms with van der Waals surface area (Å²) in [5.74, 6) is 0.377. The van der Waals surface area contributed by atoms with Crippen LogP contribution in [0.1, 0.15) is 16.1 Å². The number of benzene rings is 1. The highest BCUT2D eigenvalue weighted by Gasteiger charge is 2.08. The van der Waals surface area contributed by atoms with Crippen LogP contribution in [-0.4, -0.2) is 23.6 Å². The summed E-state index contributed by atoms with van der Waals surface area (Å²) >= 11 is 0. The molecule has 5 nitrogen and oxygen atoms in total. The maximum atomic E-state index is 10.6. The minimum atomic E-state index is 0.144. The van der Waals surface area contributed by atoms with Crippen molar-refractivity contribution < 1.29 is 9.53 Å². The molecular weight excluding hydrogens is 230 g/mol. The monoisotopic (exact) mass is 239 g/mol. The highest BCUT2D eigenvalue weighted by molar-refractivity contribution is 5.76. The van der Waals surface area contributed by atoms with Crippen molar-refractivity contribution in [3.63, 3.8) is 0 Å². The van der Waals surface area contributed by atoms with Crippen LogP contribution in [0.25, 0.3) is 11.3 Å². The Morgan fingerprint density at radius 2 is 2.00 bits per heavy atom. The molecule has 2 aromatic rings. The number of hydrogen-bond acceptors (Lipinski definition) is 5. The number of carbonyl (C=O) groups excluding carboxylic acids is 1. The molecule has 0 amide bonds. The molecule has 1 aromatic carbocycles. The van der Waals surface area contributed by atoms with Crippen LogP contribution >= 0.6 is 0 Å². The number of hydrogen-bond donors (Lipinski definition) is 0. The molecule has 0 fully saturated rings. The summed E-state index contributed by atoms with van der Waals surface area (Å²) in [4.78, 5) is 10.6. The first-order chi connectivity index (χ1) is 8.78. The lowest BCUT2D eigenvalue weighted by Crippen LogP contribution is -1.96. The predicted molar refractivity (Wildman–Crippen MR) is 64.1 cm³/mol. The molecule has 18 heavy (non-hydrogen) atoms. The van der Waals surface area contributed by atoms with Crippen molar-refractivity contribution in [3.05, 3.63) is 41.6 Å². The van der Waals surface area contributed by atoms with Crippen molar-refractivity contribution in [1.82, 2.24) is 10.2 Å². The van der Waals surface area contributed by atoms with Gasteiger partial charge < -0.3 is 4.74 Å².